The summed E-state index contributed by atoms with van der Waals surface area (Å²) in [6.45, 7) is 1.95. The maximum Gasteiger partial charge on any atom is 0.160 e. The standard InChI is InChI=1S/C21H20N4.ClH/c1-15-23-19-17(13-16-9-5-3-6-10-16)14-22-20(19)21(24-15)25(2)18-11-7-4-8-12-18;/h3-12,14,22H,13H2,1-2H3;1H. The zero-order chi connectivity index (χ0) is 17.2. The van der Waals surface area contributed by atoms with Crippen LogP contribution in [0, 0.1) is 6.92 Å². The number of anilines is 2. The first-order chi connectivity index (χ1) is 12.2. The number of aromatic nitrogens is 3. The molecule has 0 aliphatic carbocycles. The number of benzene rings is 2. The molecule has 0 amide bonds. The molecule has 2 aromatic carbocycles. The van der Waals surface area contributed by atoms with Crippen molar-refractivity contribution >= 4 is 34.9 Å². The van der Waals surface area contributed by atoms with Crippen molar-refractivity contribution in [2.45, 2.75) is 13.3 Å². The lowest BCUT2D eigenvalue weighted by molar-refractivity contribution is 1.04. The molecule has 2 aromatic heterocycles. The van der Waals surface area contributed by atoms with Crippen molar-refractivity contribution in [3.05, 3.63) is 83.8 Å². The van der Waals surface area contributed by atoms with Crippen LogP contribution in [-0.2, 0) is 6.42 Å². The predicted molar refractivity (Wildman–Crippen MR) is 110 cm³/mol. The Bertz CT molecular complexity index is 997. The lowest BCUT2D eigenvalue weighted by Crippen LogP contribution is -2.12. The summed E-state index contributed by atoms with van der Waals surface area (Å²) in [5.41, 5.74) is 5.53. The van der Waals surface area contributed by atoms with E-state index in [0.29, 0.717) is 0 Å². The normalized spacial score (nSPS) is 10.5. The van der Waals surface area contributed by atoms with Crippen molar-refractivity contribution in [1.29, 1.82) is 0 Å². The second-order valence-electron chi connectivity index (χ2n) is 6.19. The molecule has 0 aliphatic heterocycles. The van der Waals surface area contributed by atoms with Crippen LogP contribution in [0.4, 0.5) is 11.5 Å². The molecule has 0 radical (unpaired) electrons. The van der Waals surface area contributed by atoms with Crippen molar-refractivity contribution in [3.8, 4) is 0 Å². The van der Waals surface area contributed by atoms with Crippen LogP contribution in [0.5, 0.6) is 0 Å². The van der Waals surface area contributed by atoms with Crippen molar-refractivity contribution in [1.82, 2.24) is 15.0 Å². The molecule has 132 valence electrons. The molecule has 2 heterocycles. The van der Waals surface area contributed by atoms with Gasteiger partial charge in [0.1, 0.15) is 11.3 Å². The van der Waals surface area contributed by atoms with Gasteiger partial charge in [0.05, 0.1) is 5.52 Å². The quantitative estimate of drug-likeness (QED) is 0.551. The van der Waals surface area contributed by atoms with E-state index in [-0.39, 0.29) is 12.4 Å². The van der Waals surface area contributed by atoms with E-state index < -0.39 is 0 Å². The molecule has 4 aromatic rings. The molecule has 0 fully saturated rings. The molecule has 1 N–H and O–H groups in total. The van der Waals surface area contributed by atoms with E-state index in [4.69, 9.17) is 4.98 Å². The summed E-state index contributed by atoms with van der Waals surface area (Å²) >= 11 is 0. The Morgan fingerprint density at radius 2 is 1.58 bits per heavy atom. The van der Waals surface area contributed by atoms with Gasteiger partial charge in [-0.05, 0) is 24.6 Å². The summed E-state index contributed by atoms with van der Waals surface area (Å²) in [4.78, 5) is 14.9. The van der Waals surface area contributed by atoms with Crippen LogP contribution in [0.25, 0.3) is 11.0 Å². The number of hydrogen-bond donors (Lipinski definition) is 1. The van der Waals surface area contributed by atoms with Crippen LogP contribution in [0.15, 0.2) is 66.9 Å². The number of hydrogen-bond acceptors (Lipinski definition) is 3. The molecule has 0 saturated carbocycles. The van der Waals surface area contributed by atoms with Gasteiger partial charge in [-0.1, -0.05) is 48.5 Å². The Morgan fingerprint density at radius 1 is 0.923 bits per heavy atom. The second kappa shape index (κ2) is 7.58. The Labute approximate surface area is 159 Å². The van der Waals surface area contributed by atoms with Crippen LogP contribution >= 0.6 is 12.4 Å². The monoisotopic (exact) mass is 364 g/mol. The number of nitrogens with one attached hydrogen (secondary N) is 1. The molecular weight excluding hydrogens is 344 g/mol. The molecule has 4 nitrogen and oxygen atoms in total. The molecule has 0 spiro atoms. The minimum Gasteiger partial charge on any atom is -0.357 e. The Kier molecular flexibility index (Phi) is 5.24. The van der Waals surface area contributed by atoms with Gasteiger partial charge in [-0.2, -0.15) is 0 Å². The van der Waals surface area contributed by atoms with Gasteiger partial charge in [0, 0.05) is 30.9 Å². The highest BCUT2D eigenvalue weighted by atomic mass is 35.5. The first-order valence-electron chi connectivity index (χ1n) is 8.39. The average molecular weight is 365 g/mol. The van der Waals surface area contributed by atoms with Crippen molar-refractivity contribution in [2.24, 2.45) is 0 Å². The zero-order valence-electron chi connectivity index (χ0n) is 14.8. The number of fused-ring (bicyclic) bond motifs is 1. The third-order valence-electron chi connectivity index (χ3n) is 4.40. The topological polar surface area (TPSA) is 44.8 Å². The van der Waals surface area contributed by atoms with Crippen LogP contribution < -0.4 is 4.90 Å². The SMILES string of the molecule is Cc1nc(N(C)c2ccccc2)c2[nH]cc(Cc3ccccc3)c2n1.Cl. The predicted octanol–water partition coefficient (Wildman–Crippen LogP) is 5.05. The fraction of sp³-hybridized carbons (Fsp3) is 0.143. The minimum atomic E-state index is 0. The maximum absolute atomic E-state index is 4.70. The summed E-state index contributed by atoms with van der Waals surface area (Å²) < 4.78 is 0. The number of aryl methyl sites for hydroxylation is 1. The minimum absolute atomic E-state index is 0. The van der Waals surface area contributed by atoms with Gasteiger partial charge < -0.3 is 9.88 Å². The van der Waals surface area contributed by atoms with E-state index in [1.807, 2.05) is 44.4 Å². The van der Waals surface area contributed by atoms with E-state index >= 15 is 0 Å². The van der Waals surface area contributed by atoms with Gasteiger partial charge in [-0.15, -0.1) is 12.4 Å². The Morgan fingerprint density at radius 3 is 2.27 bits per heavy atom. The third-order valence-corrected chi connectivity index (χ3v) is 4.40. The summed E-state index contributed by atoms with van der Waals surface area (Å²) in [7, 11) is 2.04. The largest absolute Gasteiger partial charge is 0.357 e. The third kappa shape index (κ3) is 3.41. The molecule has 0 aliphatic rings. The van der Waals surface area contributed by atoms with E-state index in [1.54, 1.807) is 0 Å². The molecule has 0 saturated heterocycles. The summed E-state index contributed by atoms with van der Waals surface area (Å²) in [6.07, 6.45) is 2.90. The number of halogens is 1. The van der Waals surface area contributed by atoms with Gasteiger partial charge in [0.25, 0.3) is 0 Å². The van der Waals surface area contributed by atoms with Gasteiger partial charge in [-0.3, -0.25) is 0 Å². The molecule has 5 heteroatoms. The highest BCUT2D eigenvalue weighted by Gasteiger charge is 2.16. The van der Waals surface area contributed by atoms with E-state index in [1.165, 1.54) is 11.1 Å². The highest BCUT2D eigenvalue weighted by Crippen LogP contribution is 2.30. The number of rotatable bonds is 4. The molecule has 0 atom stereocenters. The number of para-hydroxylation sites is 1. The number of aromatic amines is 1. The van der Waals surface area contributed by atoms with Crippen molar-refractivity contribution in [3.63, 3.8) is 0 Å². The van der Waals surface area contributed by atoms with Crippen LogP contribution in [0.1, 0.15) is 17.0 Å². The van der Waals surface area contributed by atoms with Gasteiger partial charge >= 0.3 is 0 Å². The summed E-state index contributed by atoms with van der Waals surface area (Å²) in [5, 5.41) is 0. The van der Waals surface area contributed by atoms with Crippen LogP contribution in [0.3, 0.4) is 0 Å². The fourth-order valence-electron chi connectivity index (χ4n) is 3.12. The number of nitrogens with zero attached hydrogens (tertiary/aromatic N) is 3. The zero-order valence-corrected chi connectivity index (χ0v) is 15.6. The Balaban J connectivity index is 0.00000196. The maximum atomic E-state index is 4.70. The Hall–Kier alpha value is -2.85. The van der Waals surface area contributed by atoms with Gasteiger partial charge in [-0.25, -0.2) is 9.97 Å². The molecule has 0 bridgehead atoms. The van der Waals surface area contributed by atoms with Crippen molar-refractivity contribution in [2.75, 3.05) is 11.9 Å². The van der Waals surface area contributed by atoms with Crippen LogP contribution in [0.2, 0.25) is 0 Å². The van der Waals surface area contributed by atoms with E-state index in [0.717, 1.165) is 34.8 Å². The lowest BCUT2D eigenvalue weighted by Gasteiger charge is -2.19. The highest BCUT2D eigenvalue weighted by molar-refractivity contribution is 5.91. The summed E-state index contributed by atoms with van der Waals surface area (Å²) in [6, 6.07) is 20.7. The lowest BCUT2D eigenvalue weighted by atomic mass is 10.1. The molecule has 4 rings (SSSR count). The fourth-order valence-corrected chi connectivity index (χ4v) is 3.12. The molecule has 0 unspecified atom stereocenters. The molecular formula is C21H21ClN4. The van der Waals surface area contributed by atoms with E-state index in [2.05, 4.69) is 51.3 Å². The van der Waals surface area contributed by atoms with Crippen LogP contribution in [-0.4, -0.2) is 22.0 Å². The van der Waals surface area contributed by atoms with Crippen molar-refractivity contribution < 1.29 is 0 Å². The van der Waals surface area contributed by atoms with Gasteiger partial charge in [0.15, 0.2) is 5.82 Å². The first kappa shape index (κ1) is 18.0. The summed E-state index contributed by atoms with van der Waals surface area (Å²) in [5.74, 6) is 1.67. The smallest absolute Gasteiger partial charge is 0.160 e. The number of H-pyrrole nitrogens is 1. The average Bonchev–Trinajstić information content (AvgIpc) is 3.04. The van der Waals surface area contributed by atoms with Gasteiger partial charge in [0.2, 0.25) is 0 Å². The van der Waals surface area contributed by atoms with E-state index in [9.17, 15) is 0 Å². The first-order valence-corrected chi connectivity index (χ1v) is 8.39. The molecule has 26 heavy (non-hydrogen) atoms. The second-order valence-corrected chi connectivity index (χ2v) is 6.19.